The quantitative estimate of drug-likeness (QED) is 0.907. The van der Waals surface area contributed by atoms with Gasteiger partial charge in [0.25, 0.3) is 0 Å². The molecule has 1 saturated carbocycles. The molecule has 5 nitrogen and oxygen atoms in total. The number of carbonyl (C=O) groups is 2. The van der Waals surface area contributed by atoms with E-state index < -0.39 is 5.41 Å². The van der Waals surface area contributed by atoms with Gasteiger partial charge in [-0.3, -0.25) is 9.59 Å². The fraction of sp³-hybridized carbons (Fsp3) is 0.667. The fourth-order valence-electron chi connectivity index (χ4n) is 2.92. The van der Waals surface area contributed by atoms with E-state index in [0.29, 0.717) is 6.54 Å². The third-order valence-electron chi connectivity index (χ3n) is 4.35. The molecule has 0 aliphatic heterocycles. The molecular weight excluding hydrogens is 292 g/mol. The zero-order valence-corrected chi connectivity index (χ0v) is 14.4. The number of nitrogens with zero attached hydrogens (tertiary/aromatic N) is 1. The number of nitrogens with one attached hydrogen (secondary N) is 1. The van der Waals surface area contributed by atoms with Crippen LogP contribution in [-0.4, -0.2) is 29.3 Å². The van der Waals surface area contributed by atoms with E-state index in [9.17, 15) is 9.59 Å². The molecule has 1 aromatic heterocycles. The van der Waals surface area contributed by atoms with Crippen LogP contribution in [0.25, 0.3) is 0 Å². The van der Waals surface area contributed by atoms with Gasteiger partial charge < -0.3 is 14.6 Å². The Bertz CT molecular complexity index is 511. The van der Waals surface area contributed by atoms with Gasteiger partial charge in [-0.05, 0) is 18.9 Å². The van der Waals surface area contributed by atoms with E-state index in [2.05, 4.69) is 5.32 Å². The molecule has 0 saturated heterocycles. The molecule has 128 valence electrons. The topological polar surface area (TPSA) is 62.6 Å². The molecule has 23 heavy (non-hydrogen) atoms. The smallest absolute Gasteiger partial charge is 0.242 e. The van der Waals surface area contributed by atoms with E-state index in [-0.39, 0.29) is 24.4 Å². The lowest BCUT2D eigenvalue weighted by Crippen LogP contribution is -2.47. The minimum Gasteiger partial charge on any atom is -0.472 e. The van der Waals surface area contributed by atoms with Crippen LogP contribution in [0.15, 0.2) is 23.0 Å². The highest BCUT2D eigenvalue weighted by Crippen LogP contribution is 2.24. The molecular formula is C18H28N2O3. The van der Waals surface area contributed by atoms with Crippen LogP contribution in [0.5, 0.6) is 0 Å². The molecule has 1 heterocycles. The van der Waals surface area contributed by atoms with Crippen LogP contribution in [0.3, 0.4) is 0 Å². The van der Waals surface area contributed by atoms with Crippen LogP contribution < -0.4 is 5.32 Å². The van der Waals surface area contributed by atoms with Crippen molar-refractivity contribution in [3.8, 4) is 0 Å². The van der Waals surface area contributed by atoms with E-state index >= 15 is 0 Å². The van der Waals surface area contributed by atoms with E-state index in [1.165, 1.54) is 6.42 Å². The lowest BCUT2D eigenvalue weighted by atomic mass is 9.93. The molecule has 0 aromatic carbocycles. The number of hydrogen-bond donors (Lipinski definition) is 1. The second-order valence-corrected chi connectivity index (χ2v) is 7.38. The van der Waals surface area contributed by atoms with Crippen molar-refractivity contribution in [1.82, 2.24) is 10.2 Å². The summed E-state index contributed by atoms with van der Waals surface area (Å²) in [5, 5.41) is 2.77. The summed E-state index contributed by atoms with van der Waals surface area (Å²) < 4.78 is 5.12. The fourth-order valence-corrected chi connectivity index (χ4v) is 2.92. The number of hydrogen-bond acceptors (Lipinski definition) is 3. The Morgan fingerprint density at radius 2 is 1.96 bits per heavy atom. The zero-order valence-electron chi connectivity index (χ0n) is 14.4. The van der Waals surface area contributed by atoms with Gasteiger partial charge >= 0.3 is 0 Å². The molecule has 1 aromatic rings. The van der Waals surface area contributed by atoms with Crippen LogP contribution in [0, 0.1) is 5.41 Å². The van der Waals surface area contributed by atoms with Gasteiger partial charge in [0.2, 0.25) is 11.8 Å². The van der Waals surface area contributed by atoms with Crippen LogP contribution in [0.1, 0.15) is 58.4 Å². The first kappa shape index (κ1) is 17.6. The number of furan rings is 1. The third-order valence-corrected chi connectivity index (χ3v) is 4.35. The molecule has 0 unspecified atom stereocenters. The lowest BCUT2D eigenvalue weighted by molar-refractivity contribution is -0.137. The normalized spacial score (nSPS) is 16.1. The van der Waals surface area contributed by atoms with Gasteiger partial charge in [-0.15, -0.1) is 0 Å². The Kier molecular flexibility index (Phi) is 5.85. The standard InChI is InChI=1S/C18H28N2O3/c1-18(2,3)17(22)19-11-16(21)20(12-14-9-10-23-13-14)15-7-5-4-6-8-15/h9-10,13,15H,4-8,11-12H2,1-3H3,(H,19,22). The van der Waals surface area contributed by atoms with Crippen molar-refractivity contribution in [3.63, 3.8) is 0 Å². The summed E-state index contributed by atoms with van der Waals surface area (Å²) >= 11 is 0. The summed E-state index contributed by atoms with van der Waals surface area (Å²) in [6.07, 6.45) is 8.94. The van der Waals surface area contributed by atoms with Gasteiger partial charge in [0, 0.05) is 23.6 Å². The molecule has 1 aliphatic carbocycles. The van der Waals surface area contributed by atoms with Gasteiger partial charge in [0.15, 0.2) is 0 Å². The number of amides is 2. The summed E-state index contributed by atoms with van der Waals surface area (Å²) in [6.45, 7) is 6.14. The summed E-state index contributed by atoms with van der Waals surface area (Å²) in [5.41, 5.74) is 0.506. The highest BCUT2D eigenvalue weighted by molar-refractivity contribution is 5.87. The molecule has 0 bridgehead atoms. The Morgan fingerprint density at radius 3 is 2.52 bits per heavy atom. The highest BCUT2D eigenvalue weighted by atomic mass is 16.3. The molecule has 0 spiro atoms. The first-order valence-electron chi connectivity index (χ1n) is 8.47. The van der Waals surface area contributed by atoms with Crippen LogP contribution in [-0.2, 0) is 16.1 Å². The van der Waals surface area contributed by atoms with Crippen molar-refractivity contribution in [1.29, 1.82) is 0 Å². The third kappa shape index (κ3) is 5.12. The lowest BCUT2D eigenvalue weighted by Gasteiger charge is -2.34. The van der Waals surface area contributed by atoms with Gasteiger partial charge in [-0.25, -0.2) is 0 Å². The summed E-state index contributed by atoms with van der Waals surface area (Å²) in [4.78, 5) is 26.6. The number of rotatable bonds is 5. The molecule has 1 N–H and O–H groups in total. The van der Waals surface area contributed by atoms with Crippen LogP contribution >= 0.6 is 0 Å². The molecule has 5 heteroatoms. The zero-order chi connectivity index (χ0) is 16.9. The predicted octanol–water partition coefficient (Wildman–Crippen LogP) is 3.10. The molecule has 2 amide bonds. The highest BCUT2D eigenvalue weighted by Gasteiger charge is 2.27. The van der Waals surface area contributed by atoms with Gasteiger partial charge in [0.1, 0.15) is 0 Å². The van der Waals surface area contributed by atoms with Crippen molar-refractivity contribution in [2.24, 2.45) is 5.41 Å². The largest absolute Gasteiger partial charge is 0.472 e. The van der Waals surface area contributed by atoms with E-state index in [1.807, 2.05) is 31.7 Å². The van der Waals surface area contributed by atoms with E-state index in [1.54, 1.807) is 12.5 Å². The molecule has 0 atom stereocenters. The maximum absolute atomic E-state index is 12.7. The molecule has 1 fully saturated rings. The Labute approximate surface area is 138 Å². The van der Waals surface area contributed by atoms with Crippen LogP contribution in [0.4, 0.5) is 0 Å². The van der Waals surface area contributed by atoms with E-state index in [4.69, 9.17) is 4.42 Å². The summed E-state index contributed by atoms with van der Waals surface area (Å²) in [5.74, 6) is -0.117. The first-order valence-corrected chi connectivity index (χ1v) is 8.47. The average Bonchev–Trinajstić information content (AvgIpc) is 3.03. The molecule has 2 rings (SSSR count). The monoisotopic (exact) mass is 320 g/mol. The average molecular weight is 320 g/mol. The second kappa shape index (κ2) is 7.66. The maximum atomic E-state index is 12.7. The predicted molar refractivity (Wildman–Crippen MR) is 88.6 cm³/mol. The molecule has 0 radical (unpaired) electrons. The van der Waals surface area contributed by atoms with Crippen molar-refractivity contribution >= 4 is 11.8 Å². The minimum atomic E-state index is -0.486. The Hall–Kier alpha value is -1.78. The van der Waals surface area contributed by atoms with E-state index in [0.717, 1.165) is 31.2 Å². The number of carbonyl (C=O) groups excluding carboxylic acids is 2. The van der Waals surface area contributed by atoms with Gasteiger partial charge in [-0.2, -0.15) is 0 Å². The van der Waals surface area contributed by atoms with Crippen LogP contribution in [0.2, 0.25) is 0 Å². The summed E-state index contributed by atoms with van der Waals surface area (Å²) in [6, 6.07) is 2.15. The minimum absolute atomic E-state index is 0.0179. The van der Waals surface area contributed by atoms with Crippen molar-refractivity contribution in [2.45, 2.75) is 65.5 Å². The Morgan fingerprint density at radius 1 is 1.26 bits per heavy atom. The molecule has 1 aliphatic rings. The Balaban J connectivity index is 2.00. The van der Waals surface area contributed by atoms with Crippen molar-refractivity contribution in [2.75, 3.05) is 6.54 Å². The maximum Gasteiger partial charge on any atom is 0.242 e. The van der Waals surface area contributed by atoms with Crippen molar-refractivity contribution < 1.29 is 14.0 Å². The second-order valence-electron chi connectivity index (χ2n) is 7.38. The SMILES string of the molecule is CC(C)(C)C(=O)NCC(=O)N(Cc1ccoc1)C1CCCCC1. The first-order chi connectivity index (χ1) is 10.9. The van der Waals surface area contributed by atoms with Crippen molar-refractivity contribution in [3.05, 3.63) is 24.2 Å². The van der Waals surface area contributed by atoms with Gasteiger partial charge in [0.05, 0.1) is 19.1 Å². The van der Waals surface area contributed by atoms with Gasteiger partial charge in [-0.1, -0.05) is 40.0 Å². The summed E-state index contributed by atoms with van der Waals surface area (Å²) in [7, 11) is 0.